The van der Waals surface area contributed by atoms with Crippen molar-refractivity contribution in [1.82, 2.24) is 5.32 Å². The summed E-state index contributed by atoms with van der Waals surface area (Å²) < 4.78 is 6.70. The van der Waals surface area contributed by atoms with Crippen LogP contribution in [0.4, 0.5) is 10.5 Å². The number of hydrogen-bond donors (Lipinski definition) is 1. The van der Waals surface area contributed by atoms with E-state index in [4.69, 9.17) is 16.3 Å². The number of amides is 4. The highest BCUT2D eigenvalue weighted by atomic mass is 79.9. The summed E-state index contributed by atoms with van der Waals surface area (Å²) in [4.78, 5) is 39.4. The van der Waals surface area contributed by atoms with Crippen LogP contribution in [0.15, 0.2) is 70.7 Å². The van der Waals surface area contributed by atoms with Gasteiger partial charge in [-0.25, -0.2) is 9.69 Å². The van der Waals surface area contributed by atoms with Crippen LogP contribution in [0, 0.1) is 13.8 Å². The van der Waals surface area contributed by atoms with Crippen LogP contribution < -0.4 is 15.0 Å². The first-order chi connectivity index (χ1) is 16.2. The third kappa shape index (κ3) is 5.21. The monoisotopic (exact) mass is 538 g/mol. The highest BCUT2D eigenvalue weighted by Gasteiger charge is 2.37. The molecule has 172 valence electrons. The molecule has 34 heavy (non-hydrogen) atoms. The zero-order chi connectivity index (χ0) is 24.4. The fourth-order valence-electron chi connectivity index (χ4n) is 3.63. The highest BCUT2D eigenvalue weighted by molar-refractivity contribution is 9.10. The van der Waals surface area contributed by atoms with Gasteiger partial charge in [0.05, 0.1) is 5.69 Å². The summed E-state index contributed by atoms with van der Waals surface area (Å²) in [5.74, 6) is -0.997. The van der Waals surface area contributed by atoms with E-state index in [0.717, 1.165) is 26.1 Å². The Balaban J connectivity index is 1.68. The molecule has 4 rings (SSSR count). The number of nitrogens with one attached hydrogen (secondary N) is 1. The first-order valence-corrected chi connectivity index (χ1v) is 11.5. The van der Waals surface area contributed by atoms with Crippen LogP contribution in [0.1, 0.15) is 22.3 Å². The predicted octanol–water partition coefficient (Wildman–Crippen LogP) is 5.96. The number of urea groups is 1. The third-order valence-corrected chi connectivity index (χ3v) is 5.89. The average Bonchev–Trinajstić information content (AvgIpc) is 2.76. The van der Waals surface area contributed by atoms with Gasteiger partial charge in [-0.05, 0) is 79.1 Å². The molecule has 3 aromatic rings. The second-order valence-electron chi connectivity index (χ2n) is 7.90. The Labute approximate surface area is 210 Å². The predicted molar refractivity (Wildman–Crippen MR) is 135 cm³/mol. The number of carbonyl (C=O) groups is 3. The zero-order valence-electron chi connectivity index (χ0n) is 18.4. The number of carbonyl (C=O) groups excluding carboxylic acids is 3. The van der Waals surface area contributed by atoms with Gasteiger partial charge in [-0.15, -0.1) is 0 Å². The SMILES string of the molecule is Cc1cc(C)cc(N2C(=O)NC(=O)/C(=C\c3cc(Br)ccc3OCc3ccc(Cl)cc3)C2=O)c1. The Hall–Kier alpha value is -3.42. The van der Waals surface area contributed by atoms with Crippen LogP contribution in [0.5, 0.6) is 5.75 Å². The van der Waals surface area contributed by atoms with Gasteiger partial charge in [0.1, 0.15) is 17.9 Å². The number of aryl methyl sites for hydroxylation is 2. The van der Waals surface area contributed by atoms with E-state index in [1.807, 2.05) is 32.0 Å². The number of barbiturate groups is 1. The fourth-order valence-corrected chi connectivity index (χ4v) is 4.14. The normalized spacial score (nSPS) is 15.0. The minimum Gasteiger partial charge on any atom is -0.488 e. The summed E-state index contributed by atoms with van der Waals surface area (Å²) in [6.07, 6.45) is 1.43. The van der Waals surface area contributed by atoms with Crippen molar-refractivity contribution in [3.8, 4) is 5.75 Å². The molecule has 1 N–H and O–H groups in total. The van der Waals surface area contributed by atoms with Crippen molar-refractivity contribution >= 4 is 57.1 Å². The van der Waals surface area contributed by atoms with Crippen molar-refractivity contribution in [2.45, 2.75) is 20.5 Å². The number of rotatable bonds is 5. The number of benzene rings is 3. The lowest BCUT2D eigenvalue weighted by atomic mass is 10.0. The van der Waals surface area contributed by atoms with Crippen molar-refractivity contribution in [3.05, 3.63) is 98.0 Å². The molecule has 6 nitrogen and oxygen atoms in total. The number of imide groups is 2. The summed E-state index contributed by atoms with van der Waals surface area (Å²) >= 11 is 9.36. The van der Waals surface area contributed by atoms with Crippen LogP contribution in [0.2, 0.25) is 5.02 Å². The van der Waals surface area contributed by atoms with E-state index in [-0.39, 0.29) is 12.2 Å². The molecule has 0 bridgehead atoms. The van der Waals surface area contributed by atoms with Gasteiger partial charge in [0, 0.05) is 15.1 Å². The van der Waals surface area contributed by atoms with Crippen LogP contribution in [-0.2, 0) is 16.2 Å². The van der Waals surface area contributed by atoms with E-state index in [2.05, 4.69) is 21.2 Å². The minimum atomic E-state index is -0.786. The van der Waals surface area contributed by atoms with Crippen molar-refractivity contribution in [3.63, 3.8) is 0 Å². The maximum Gasteiger partial charge on any atom is 0.335 e. The van der Waals surface area contributed by atoms with Crippen molar-refractivity contribution in [2.75, 3.05) is 4.90 Å². The van der Waals surface area contributed by atoms with Gasteiger partial charge < -0.3 is 4.74 Å². The molecule has 4 amide bonds. The molecule has 1 aliphatic rings. The second kappa shape index (κ2) is 9.83. The van der Waals surface area contributed by atoms with E-state index in [1.54, 1.807) is 42.5 Å². The van der Waals surface area contributed by atoms with Gasteiger partial charge in [-0.1, -0.05) is 45.7 Å². The van der Waals surface area contributed by atoms with E-state index in [9.17, 15) is 14.4 Å². The Morgan fingerprint density at radius 1 is 0.971 bits per heavy atom. The number of ether oxygens (including phenoxy) is 1. The Kier molecular flexibility index (Phi) is 6.86. The molecule has 0 aromatic heterocycles. The molecular formula is C26H20BrClN2O4. The van der Waals surface area contributed by atoms with Crippen LogP contribution >= 0.6 is 27.5 Å². The molecule has 0 aliphatic carbocycles. The van der Waals surface area contributed by atoms with E-state index in [1.165, 1.54) is 6.08 Å². The molecule has 1 heterocycles. The topological polar surface area (TPSA) is 75.7 Å². The van der Waals surface area contributed by atoms with E-state index in [0.29, 0.717) is 22.0 Å². The third-order valence-electron chi connectivity index (χ3n) is 5.15. The number of nitrogens with zero attached hydrogens (tertiary/aromatic N) is 1. The first kappa shape index (κ1) is 23.7. The fraction of sp³-hybridized carbons (Fsp3) is 0.115. The Morgan fingerprint density at radius 3 is 2.32 bits per heavy atom. The van der Waals surface area contributed by atoms with Crippen molar-refractivity contribution in [2.24, 2.45) is 0 Å². The number of anilines is 1. The molecule has 3 aromatic carbocycles. The van der Waals surface area contributed by atoms with Gasteiger partial charge in [0.25, 0.3) is 11.8 Å². The number of hydrogen-bond acceptors (Lipinski definition) is 4. The largest absolute Gasteiger partial charge is 0.488 e. The maximum atomic E-state index is 13.3. The van der Waals surface area contributed by atoms with Crippen LogP contribution in [0.3, 0.4) is 0 Å². The summed E-state index contributed by atoms with van der Waals surface area (Å²) in [5.41, 5.74) is 3.42. The molecule has 0 radical (unpaired) electrons. The van der Waals surface area contributed by atoms with Gasteiger partial charge in [-0.2, -0.15) is 0 Å². The summed E-state index contributed by atoms with van der Waals surface area (Å²) in [6.45, 7) is 4.01. The van der Waals surface area contributed by atoms with Crippen LogP contribution in [-0.4, -0.2) is 17.8 Å². The second-order valence-corrected chi connectivity index (χ2v) is 9.25. The molecule has 1 saturated heterocycles. The van der Waals surface area contributed by atoms with Crippen molar-refractivity contribution in [1.29, 1.82) is 0 Å². The lowest BCUT2D eigenvalue weighted by molar-refractivity contribution is -0.122. The molecule has 1 fully saturated rings. The molecule has 0 unspecified atom stereocenters. The Morgan fingerprint density at radius 2 is 1.65 bits per heavy atom. The summed E-state index contributed by atoms with van der Waals surface area (Å²) in [6, 6.07) is 17.1. The maximum absolute atomic E-state index is 13.3. The first-order valence-electron chi connectivity index (χ1n) is 10.4. The molecule has 0 spiro atoms. The smallest absolute Gasteiger partial charge is 0.335 e. The standard InChI is InChI=1S/C26H20BrClN2O4/c1-15-9-16(2)11-21(10-15)30-25(32)22(24(31)29-26(30)33)13-18-12-19(27)5-8-23(18)34-14-17-3-6-20(28)7-4-17/h3-13H,14H2,1-2H3,(H,29,31,33)/b22-13+. The van der Waals surface area contributed by atoms with E-state index < -0.39 is 17.8 Å². The summed E-state index contributed by atoms with van der Waals surface area (Å²) in [5, 5.41) is 2.89. The van der Waals surface area contributed by atoms with Gasteiger partial charge in [-0.3, -0.25) is 14.9 Å². The van der Waals surface area contributed by atoms with E-state index >= 15 is 0 Å². The Bertz CT molecular complexity index is 1310. The minimum absolute atomic E-state index is 0.173. The van der Waals surface area contributed by atoms with Crippen LogP contribution in [0.25, 0.3) is 6.08 Å². The van der Waals surface area contributed by atoms with Gasteiger partial charge >= 0.3 is 6.03 Å². The highest BCUT2D eigenvalue weighted by Crippen LogP contribution is 2.29. The lowest BCUT2D eigenvalue weighted by Gasteiger charge is -2.27. The van der Waals surface area contributed by atoms with Gasteiger partial charge in [0.15, 0.2) is 0 Å². The molecule has 1 aliphatic heterocycles. The molecule has 8 heteroatoms. The molecule has 0 saturated carbocycles. The zero-order valence-corrected chi connectivity index (χ0v) is 20.7. The summed E-state index contributed by atoms with van der Waals surface area (Å²) in [7, 11) is 0. The van der Waals surface area contributed by atoms with Gasteiger partial charge in [0.2, 0.25) is 0 Å². The molecule has 0 atom stereocenters. The lowest BCUT2D eigenvalue weighted by Crippen LogP contribution is -2.54. The average molecular weight is 540 g/mol. The van der Waals surface area contributed by atoms with Crippen molar-refractivity contribution < 1.29 is 19.1 Å². The number of halogens is 2. The molecular weight excluding hydrogens is 520 g/mol. The quantitative estimate of drug-likeness (QED) is 0.320.